The average molecular weight is 314 g/mol. The van der Waals surface area contributed by atoms with Crippen molar-refractivity contribution in [2.24, 2.45) is 5.92 Å². The Kier molecular flexibility index (Phi) is 3.63. The molecule has 1 aliphatic heterocycles. The largest absolute Gasteiger partial charge is 0.357 e. The Bertz CT molecular complexity index is 707. The summed E-state index contributed by atoms with van der Waals surface area (Å²) < 4.78 is 0. The van der Waals surface area contributed by atoms with Crippen molar-refractivity contribution in [2.45, 2.75) is 38.1 Å². The van der Waals surface area contributed by atoms with Gasteiger partial charge in [0, 0.05) is 38.5 Å². The number of aromatic nitrogens is 4. The lowest BCUT2D eigenvalue weighted by Gasteiger charge is -2.25. The number of carbonyl (C=O) groups is 1. The van der Waals surface area contributed by atoms with Gasteiger partial charge in [-0.25, -0.2) is 15.0 Å². The molecule has 1 amide bonds. The van der Waals surface area contributed by atoms with Crippen LogP contribution in [0.3, 0.4) is 0 Å². The SMILES string of the molecule is CN(C[C@@H]1CC(=O)N(C2CCCC2)C1)c1ncnc2nc[nH]c12. The van der Waals surface area contributed by atoms with Crippen LogP contribution in [0.5, 0.6) is 0 Å². The summed E-state index contributed by atoms with van der Waals surface area (Å²) in [5.74, 6) is 1.53. The van der Waals surface area contributed by atoms with Gasteiger partial charge in [-0.1, -0.05) is 12.8 Å². The highest BCUT2D eigenvalue weighted by molar-refractivity contribution is 5.83. The molecule has 1 aliphatic carbocycles. The third kappa shape index (κ3) is 2.64. The molecular weight excluding hydrogens is 292 g/mol. The van der Waals surface area contributed by atoms with Crippen molar-refractivity contribution in [1.82, 2.24) is 24.8 Å². The number of fused-ring (bicyclic) bond motifs is 1. The van der Waals surface area contributed by atoms with Gasteiger partial charge in [0.25, 0.3) is 0 Å². The molecule has 23 heavy (non-hydrogen) atoms. The number of carbonyl (C=O) groups excluding carboxylic acids is 1. The number of rotatable bonds is 4. The lowest BCUT2D eigenvalue weighted by Crippen LogP contribution is -2.35. The maximum absolute atomic E-state index is 12.3. The second-order valence-electron chi connectivity index (χ2n) is 6.73. The number of anilines is 1. The molecule has 7 heteroatoms. The molecule has 0 spiro atoms. The first-order valence-electron chi connectivity index (χ1n) is 8.37. The molecule has 0 bridgehead atoms. The van der Waals surface area contributed by atoms with E-state index in [-0.39, 0.29) is 0 Å². The molecule has 4 rings (SSSR count). The lowest BCUT2D eigenvalue weighted by molar-refractivity contribution is -0.129. The second kappa shape index (κ2) is 5.79. The molecule has 2 aliphatic rings. The van der Waals surface area contributed by atoms with Crippen LogP contribution in [0.4, 0.5) is 5.82 Å². The van der Waals surface area contributed by atoms with Crippen LogP contribution in [0.1, 0.15) is 32.1 Å². The molecule has 7 nitrogen and oxygen atoms in total. The number of hydrogen-bond acceptors (Lipinski definition) is 5. The minimum atomic E-state index is 0.324. The van der Waals surface area contributed by atoms with Crippen LogP contribution in [0.2, 0.25) is 0 Å². The highest BCUT2D eigenvalue weighted by Gasteiger charge is 2.36. The van der Waals surface area contributed by atoms with Crippen molar-refractivity contribution in [1.29, 1.82) is 0 Å². The molecule has 2 aromatic heterocycles. The summed E-state index contributed by atoms with van der Waals surface area (Å²) >= 11 is 0. The van der Waals surface area contributed by atoms with Crippen LogP contribution in [0.15, 0.2) is 12.7 Å². The molecule has 1 atom stereocenters. The van der Waals surface area contributed by atoms with Crippen LogP contribution < -0.4 is 4.90 Å². The lowest BCUT2D eigenvalue weighted by atomic mass is 10.1. The predicted octanol–water partition coefficient (Wildman–Crippen LogP) is 1.58. The Labute approximate surface area is 135 Å². The molecule has 1 saturated heterocycles. The van der Waals surface area contributed by atoms with Gasteiger partial charge in [-0.2, -0.15) is 0 Å². The van der Waals surface area contributed by atoms with Gasteiger partial charge >= 0.3 is 0 Å². The van der Waals surface area contributed by atoms with Gasteiger partial charge in [0.2, 0.25) is 5.91 Å². The van der Waals surface area contributed by atoms with Gasteiger partial charge in [0.15, 0.2) is 11.5 Å². The summed E-state index contributed by atoms with van der Waals surface area (Å²) in [5.41, 5.74) is 1.53. The van der Waals surface area contributed by atoms with Crippen molar-refractivity contribution in [3.63, 3.8) is 0 Å². The van der Waals surface area contributed by atoms with Crippen LogP contribution in [-0.4, -0.2) is 56.9 Å². The second-order valence-corrected chi connectivity index (χ2v) is 6.73. The van der Waals surface area contributed by atoms with E-state index < -0.39 is 0 Å². The van der Waals surface area contributed by atoms with Gasteiger partial charge < -0.3 is 14.8 Å². The van der Waals surface area contributed by atoms with Gasteiger partial charge in [-0.3, -0.25) is 4.79 Å². The van der Waals surface area contributed by atoms with Gasteiger partial charge in [0.1, 0.15) is 11.8 Å². The number of aromatic amines is 1. The van der Waals surface area contributed by atoms with E-state index >= 15 is 0 Å². The van der Waals surface area contributed by atoms with Crippen molar-refractivity contribution < 1.29 is 4.79 Å². The Morgan fingerprint density at radius 3 is 2.96 bits per heavy atom. The van der Waals surface area contributed by atoms with Gasteiger partial charge in [-0.15, -0.1) is 0 Å². The molecule has 122 valence electrons. The Balaban J connectivity index is 1.46. The molecule has 0 unspecified atom stereocenters. The first-order chi connectivity index (χ1) is 11.2. The number of nitrogens with one attached hydrogen (secondary N) is 1. The fraction of sp³-hybridized carbons (Fsp3) is 0.625. The molecule has 0 aromatic carbocycles. The number of nitrogens with zero attached hydrogens (tertiary/aromatic N) is 5. The predicted molar refractivity (Wildman–Crippen MR) is 87.0 cm³/mol. The normalized spacial score (nSPS) is 22.4. The van der Waals surface area contributed by atoms with Crippen LogP contribution in [-0.2, 0) is 4.79 Å². The van der Waals surface area contributed by atoms with E-state index in [0.717, 1.165) is 24.4 Å². The molecule has 0 radical (unpaired) electrons. The standard InChI is InChI=1S/C16H22N6O/c1-21(16-14-15(18-9-17-14)19-10-20-16)7-11-6-13(23)22(8-11)12-4-2-3-5-12/h9-12H,2-8H2,1H3,(H,17,18,19,20)/t11-/m0/s1. The highest BCUT2D eigenvalue weighted by Crippen LogP contribution is 2.30. The Hall–Kier alpha value is -2.18. The van der Waals surface area contributed by atoms with Crippen LogP contribution >= 0.6 is 0 Å². The number of H-pyrrole nitrogens is 1. The average Bonchev–Trinajstić information content (AvgIpc) is 3.26. The first kappa shape index (κ1) is 14.4. The summed E-state index contributed by atoms with van der Waals surface area (Å²) in [7, 11) is 2.02. The zero-order valence-corrected chi connectivity index (χ0v) is 13.4. The van der Waals surface area contributed by atoms with E-state index in [4.69, 9.17) is 0 Å². The minimum absolute atomic E-state index is 0.324. The number of imidazole rings is 1. The van der Waals surface area contributed by atoms with Crippen LogP contribution in [0, 0.1) is 5.92 Å². The van der Waals surface area contributed by atoms with Crippen molar-refractivity contribution in [3.8, 4) is 0 Å². The number of hydrogen-bond donors (Lipinski definition) is 1. The van der Waals surface area contributed by atoms with Crippen molar-refractivity contribution in [2.75, 3.05) is 25.0 Å². The zero-order chi connectivity index (χ0) is 15.8. The molecule has 1 N–H and O–H groups in total. The smallest absolute Gasteiger partial charge is 0.223 e. The quantitative estimate of drug-likeness (QED) is 0.927. The summed E-state index contributed by atoms with van der Waals surface area (Å²) in [6, 6.07) is 0.483. The topological polar surface area (TPSA) is 78.0 Å². The maximum atomic E-state index is 12.3. The summed E-state index contributed by atoms with van der Waals surface area (Å²) in [6.45, 7) is 1.70. The number of amides is 1. The zero-order valence-electron chi connectivity index (χ0n) is 13.4. The minimum Gasteiger partial charge on any atom is -0.357 e. The fourth-order valence-electron chi connectivity index (χ4n) is 4.02. The summed E-state index contributed by atoms with van der Waals surface area (Å²) in [6.07, 6.45) is 8.70. The fourth-order valence-corrected chi connectivity index (χ4v) is 4.02. The third-order valence-corrected chi connectivity index (χ3v) is 5.10. The van der Waals surface area contributed by atoms with Crippen LogP contribution in [0.25, 0.3) is 11.2 Å². The van der Waals surface area contributed by atoms with Crippen molar-refractivity contribution >= 4 is 22.9 Å². The van der Waals surface area contributed by atoms with E-state index in [1.165, 1.54) is 25.7 Å². The van der Waals surface area contributed by atoms with E-state index in [9.17, 15) is 4.79 Å². The van der Waals surface area contributed by atoms with Crippen molar-refractivity contribution in [3.05, 3.63) is 12.7 Å². The number of likely N-dealkylation sites (tertiary alicyclic amines) is 1. The Morgan fingerprint density at radius 1 is 1.30 bits per heavy atom. The van der Waals surface area contributed by atoms with E-state index in [2.05, 4.69) is 29.7 Å². The summed E-state index contributed by atoms with van der Waals surface area (Å²) in [5, 5.41) is 0. The molecular formula is C16H22N6O. The molecule has 1 saturated carbocycles. The monoisotopic (exact) mass is 314 g/mol. The summed E-state index contributed by atoms with van der Waals surface area (Å²) in [4.78, 5) is 32.4. The van der Waals surface area contributed by atoms with E-state index in [0.29, 0.717) is 29.9 Å². The Morgan fingerprint density at radius 2 is 2.13 bits per heavy atom. The highest BCUT2D eigenvalue weighted by atomic mass is 16.2. The molecule has 3 heterocycles. The third-order valence-electron chi connectivity index (χ3n) is 5.10. The maximum Gasteiger partial charge on any atom is 0.223 e. The molecule has 2 aromatic rings. The first-order valence-corrected chi connectivity index (χ1v) is 8.37. The van der Waals surface area contributed by atoms with E-state index in [1.807, 2.05) is 7.05 Å². The molecule has 2 fully saturated rings. The van der Waals surface area contributed by atoms with E-state index in [1.54, 1.807) is 12.7 Å². The van der Waals surface area contributed by atoms with Gasteiger partial charge in [0.05, 0.1) is 6.33 Å². The van der Waals surface area contributed by atoms with Gasteiger partial charge in [-0.05, 0) is 12.8 Å².